The van der Waals surface area contributed by atoms with E-state index in [0.717, 1.165) is 35.8 Å². The summed E-state index contributed by atoms with van der Waals surface area (Å²) in [5.74, 6) is 2.88. The molecule has 8 nitrogen and oxygen atoms in total. The molecule has 0 saturated carbocycles. The van der Waals surface area contributed by atoms with E-state index < -0.39 is 0 Å². The summed E-state index contributed by atoms with van der Waals surface area (Å²) >= 11 is 1.95. The Morgan fingerprint density at radius 3 is 2.79 bits per heavy atom. The van der Waals surface area contributed by atoms with E-state index in [-0.39, 0.29) is 6.03 Å². The van der Waals surface area contributed by atoms with Gasteiger partial charge in [0.05, 0.1) is 24.3 Å². The predicted molar refractivity (Wildman–Crippen MR) is 111 cm³/mol. The second kappa shape index (κ2) is 8.75. The molecule has 0 bridgehead atoms. The number of nitrogens with zero attached hydrogens (tertiary/aromatic N) is 5. The van der Waals surface area contributed by atoms with E-state index in [2.05, 4.69) is 30.6 Å². The van der Waals surface area contributed by atoms with E-state index in [4.69, 9.17) is 0 Å². The molecule has 0 unspecified atom stereocenters. The topological polar surface area (TPSA) is 88.0 Å². The zero-order chi connectivity index (χ0) is 19.2. The number of nitrogens with one attached hydrogen (secondary N) is 2. The Hall–Kier alpha value is -3.07. The van der Waals surface area contributed by atoms with Gasteiger partial charge in [-0.1, -0.05) is 30.3 Å². The molecule has 3 aromatic rings. The lowest BCUT2D eigenvalue weighted by Crippen LogP contribution is -2.33. The lowest BCUT2D eigenvalue weighted by atomic mass is 10.2. The van der Waals surface area contributed by atoms with E-state index in [1.165, 1.54) is 6.33 Å². The summed E-state index contributed by atoms with van der Waals surface area (Å²) in [5, 5.41) is 10.0. The van der Waals surface area contributed by atoms with Crippen molar-refractivity contribution in [3.63, 3.8) is 0 Å². The molecule has 0 spiro atoms. The Morgan fingerprint density at radius 2 is 1.96 bits per heavy atom. The number of benzene rings is 1. The van der Waals surface area contributed by atoms with Gasteiger partial charge >= 0.3 is 6.03 Å². The normalized spacial score (nSPS) is 13.9. The van der Waals surface area contributed by atoms with Crippen LogP contribution in [0.5, 0.6) is 0 Å². The summed E-state index contributed by atoms with van der Waals surface area (Å²) in [4.78, 5) is 23.0. The van der Waals surface area contributed by atoms with Crippen molar-refractivity contribution in [3.05, 3.63) is 60.8 Å². The molecule has 0 radical (unpaired) electrons. The Balaban J connectivity index is 1.42. The average Bonchev–Trinajstić information content (AvgIpc) is 3.22. The molecule has 1 aromatic carbocycles. The third kappa shape index (κ3) is 4.42. The number of aromatic nitrogens is 4. The van der Waals surface area contributed by atoms with E-state index in [1.807, 2.05) is 48.3 Å². The van der Waals surface area contributed by atoms with Crippen LogP contribution in [0, 0.1) is 0 Å². The average molecular weight is 395 g/mol. The monoisotopic (exact) mass is 395 g/mol. The summed E-state index contributed by atoms with van der Waals surface area (Å²) in [7, 11) is 0. The standard InChI is InChI=1S/C19H21N7OS/c27-19(21-10-15-4-2-1-3-5-15)24-16-11-23-26(13-16)18-17(12-20-14-22-18)25-6-8-28-9-7-25/h1-5,11-14H,6-10H2,(H2,21,24,27). The highest BCUT2D eigenvalue weighted by atomic mass is 32.2. The quantitative estimate of drug-likeness (QED) is 0.690. The van der Waals surface area contributed by atoms with Crippen LogP contribution in [-0.2, 0) is 6.54 Å². The number of hydrogen-bond donors (Lipinski definition) is 2. The molecule has 2 N–H and O–H groups in total. The third-order valence-electron chi connectivity index (χ3n) is 4.38. The fourth-order valence-electron chi connectivity index (χ4n) is 2.98. The largest absolute Gasteiger partial charge is 0.366 e. The van der Waals surface area contributed by atoms with Crippen LogP contribution in [0.25, 0.3) is 5.82 Å². The van der Waals surface area contributed by atoms with Crippen molar-refractivity contribution >= 4 is 29.2 Å². The highest BCUT2D eigenvalue weighted by Crippen LogP contribution is 2.24. The van der Waals surface area contributed by atoms with Crippen molar-refractivity contribution in [2.45, 2.75) is 6.54 Å². The van der Waals surface area contributed by atoms with Gasteiger partial charge in [0, 0.05) is 31.1 Å². The van der Waals surface area contributed by atoms with Crippen LogP contribution in [0.3, 0.4) is 0 Å². The zero-order valence-electron chi connectivity index (χ0n) is 15.3. The predicted octanol–water partition coefficient (Wildman–Crippen LogP) is 2.54. The maximum Gasteiger partial charge on any atom is 0.319 e. The summed E-state index contributed by atoms with van der Waals surface area (Å²) in [6.45, 7) is 2.38. The van der Waals surface area contributed by atoms with E-state index in [1.54, 1.807) is 17.1 Å². The molecule has 2 aromatic heterocycles. The zero-order valence-corrected chi connectivity index (χ0v) is 16.1. The summed E-state index contributed by atoms with van der Waals surface area (Å²) in [6, 6.07) is 9.49. The smallest absolute Gasteiger partial charge is 0.319 e. The van der Waals surface area contributed by atoms with Gasteiger partial charge in [0.2, 0.25) is 0 Å². The molecule has 1 fully saturated rings. The third-order valence-corrected chi connectivity index (χ3v) is 5.32. The summed E-state index contributed by atoms with van der Waals surface area (Å²) in [6.07, 6.45) is 6.70. The van der Waals surface area contributed by atoms with Gasteiger partial charge in [-0.25, -0.2) is 19.4 Å². The second-order valence-corrected chi connectivity index (χ2v) is 7.52. The first kappa shape index (κ1) is 18.3. The molecular weight excluding hydrogens is 374 g/mol. The molecule has 9 heteroatoms. The molecule has 2 amide bonds. The number of carbonyl (C=O) groups is 1. The molecule has 4 rings (SSSR count). The number of hydrogen-bond acceptors (Lipinski definition) is 6. The Kier molecular flexibility index (Phi) is 5.72. The molecule has 3 heterocycles. The van der Waals surface area contributed by atoms with Crippen molar-refractivity contribution in [2.24, 2.45) is 0 Å². The first-order valence-electron chi connectivity index (χ1n) is 9.06. The molecule has 144 valence electrons. The number of thioether (sulfide) groups is 1. The van der Waals surface area contributed by atoms with Gasteiger partial charge in [-0.05, 0) is 5.56 Å². The Labute approximate surface area is 167 Å². The molecule has 0 aliphatic carbocycles. The van der Waals surface area contributed by atoms with Gasteiger partial charge in [0.1, 0.15) is 12.0 Å². The van der Waals surface area contributed by atoms with E-state index >= 15 is 0 Å². The molecule has 1 aliphatic heterocycles. The maximum absolute atomic E-state index is 12.2. The first-order chi connectivity index (χ1) is 13.8. The minimum absolute atomic E-state index is 0.278. The number of rotatable bonds is 5. The first-order valence-corrected chi connectivity index (χ1v) is 10.2. The molecule has 0 atom stereocenters. The second-order valence-electron chi connectivity index (χ2n) is 6.30. The van der Waals surface area contributed by atoms with Crippen molar-refractivity contribution < 1.29 is 4.79 Å². The van der Waals surface area contributed by atoms with Gasteiger partial charge in [-0.2, -0.15) is 16.9 Å². The number of urea groups is 1. The van der Waals surface area contributed by atoms with Crippen LogP contribution >= 0.6 is 11.8 Å². The molecule has 1 saturated heterocycles. The molecule has 1 aliphatic rings. The van der Waals surface area contributed by atoms with Crippen molar-refractivity contribution in [1.82, 2.24) is 25.1 Å². The number of anilines is 2. The highest BCUT2D eigenvalue weighted by molar-refractivity contribution is 7.99. The van der Waals surface area contributed by atoms with Gasteiger partial charge in [-0.3, -0.25) is 0 Å². The number of carbonyl (C=O) groups excluding carboxylic acids is 1. The lowest BCUT2D eigenvalue weighted by Gasteiger charge is -2.29. The fourth-order valence-corrected chi connectivity index (χ4v) is 3.88. The van der Waals surface area contributed by atoms with Gasteiger partial charge in [0.15, 0.2) is 5.82 Å². The van der Waals surface area contributed by atoms with Crippen LogP contribution in [0.1, 0.15) is 5.56 Å². The minimum atomic E-state index is -0.278. The van der Waals surface area contributed by atoms with Gasteiger partial charge in [0.25, 0.3) is 0 Å². The van der Waals surface area contributed by atoms with Crippen LogP contribution < -0.4 is 15.5 Å². The SMILES string of the molecule is O=C(NCc1ccccc1)Nc1cnn(-c2ncncc2N2CCSCC2)c1. The Bertz CT molecular complexity index is 925. The van der Waals surface area contributed by atoms with E-state index in [0.29, 0.717) is 18.1 Å². The van der Waals surface area contributed by atoms with Crippen molar-refractivity contribution in [3.8, 4) is 5.82 Å². The van der Waals surface area contributed by atoms with E-state index in [9.17, 15) is 4.79 Å². The summed E-state index contributed by atoms with van der Waals surface area (Å²) < 4.78 is 1.67. The minimum Gasteiger partial charge on any atom is -0.366 e. The Morgan fingerprint density at radius 1 is 1.14 bits per heavy atom. The number of amides is 2. The van der Waals surface area contributed by atoms with Crippen LogP contribution in [0.4, 0.5) is 16.2 Å². The highest BCUT2D eigenvalue weighted by Gasteiger charge is 2.17. The lowest BCUT2D eigenvalue weighted by molar-refractivity contribution is 0.251. The van der Waals surface area contributed by atoms with Gasteiger partial charge in [-0.15, -0.1) is 0 Å². The molecule has 28 heavy (non-hydrogen) atoms. The van der Waals surface area contributed by atoms with Gasteiger partial charge < -0.3 is 15.5 Å². The summed E-state index contributed by atoms with van der Waals surface area (Å²) in [5.41, 5.74) is 2.59. The van der Waals surface area contributed by atoms with Crippen molar-refractivity contribution in [2.75, 3.05) is 34.8 Å². The van der Waals surface area contributed by atoms with Crippen LogP contribution in [-0.4, -0.2) is 50.4 Å². The van der Waals surface area contributed by atoms with Crippen molar-refractivity contribution in [1.29, 1.82) is 0 Å². The van der Waals surface area contributed by atoms with Crippen LogP contribution in [0.2, 0.25) is 0 Å². The fraction of sp³-hybridized carbons (Fsp3) is 0.263. The van der Waals surface area contributed by atoms with Crippen LogP contribution in [0.15, 0.2) is 55.2 Å². The molecular formula is C19H21N7OS. The maximum atomic E-state index is 12.2.